The molecule has 5 nitrogen and oxygen atoms in total. The van der Waals surface area contributed by atoms with Crippen LogP contribution in [0.5, 0.6) is 0 Å². The van der Waals surface area contributed by atoms with Gasteiger partial charge in [0.2, 0.25) is 5.91 Å². The molecule has 0 saturated heterocycles. The summed E-state index contributed by atoms with van der Waals surface area (Å²) in [6.45, 7) is 1.99. The molecule has 3 N–H and O–H groups in total. The quantitative estimate of drug-likeness (QED) is 0.902. The van der Waals surface area contributed by atoms with Crippen molar-refractivity contribution in [1.29, 1.82) is 0 Å². The van der Waals surface area contributed by atoms with E-state index in [1.807, 2.05) is 49.1 Å². The lowest BCUT2D eigenvalue weighted by atomic mass is 9.84. The highest BCUT2D eigenvalue weighted by Gasteiger charge is 2.26. The van der Waals surface area contributed by atoms with Crippen molar-refractivity contribution >= 4 is 11.6 Å². The number of aryl methyl sites for hydroxylation is 2. The van der Waals surface area contributed by atoms with E-state index in [-0.39, 0.29) is 7.33 Å². The minimum absolute atomic E-state index is 0. The van der Waals surface area contributed by atoms with Crippen LogP contribution < -0.4 is 11.1 Å². The molecule has 0 unspecified atom stereocenters. The normalized spacial score (nSPS) is 16.8. The molecule has 1 atom stereocenters. The summed E-state index contributed by atoms with van der Waals surface area (Å²) < 4.78 is 2.00. The number of nitrogens with two attached hydrogens (primary N) is 1. The van der Waals surface area contributed by atoms with E-state index in [0.717, 1.165) is 35.5 Å². The fourth-order valence-electron chi connectivity index (χ4n) is 3.60. The molecule has 1 aromatic carbocycles. The lowest BCUT2D eigenvalue weighted by Crippen LogP contribution is -2.42. The van der Waals surface area contributed by atoms with Crippen LogP contribution in [0.2, 0.25) is 0 Å². The van der Waals surface area contributed by atoms with Crippen molar-refractivity contribution < 1.29 is 6.22 Å². The standard InChI is InChI=1S/C19H26N4O.H2/c1-13-18(23(2)12-21-13)15-8-10-16(11-9-15)22-19(24)17(20)14-6-4-3-5-7-14;/h8-12,14,17H,3-7,20H2,1-2H3,(H,22,24);1H/t17-;/m0./s1. The van der Waals surface area contributed by atoms with Crippen molar-refractivity contribution in [2.45, 2.75) is 45.1 Å². The molecule has 1 aliphatic carbocycles. The maximum absolute atomic E-state index is 12.4. The molecule has 24 heavy (non-hydrogen) atoms. The van der Waals surface area contributed by atoms with Gasteiger partial charge in [-0.3, -0.25) is 4.79 Å². The molecule has 1 aliphatic rings. The highest BCUT2D eigenvalue weighted by molar-refractivity contribution is 5.95. The van der Waals surface area contributed by atoms with Gasteiger partial charge in [0.05, 0.1) is 23.8 Å². The number of aromatic nitrogens is 2. The minimum Gasteiger partial charge on any atom is -0.334 e. The van der Waals surface area contributed by atoms with Gasteiger partial charge in [-0.2, -0.15) is 0 Å². The second kappa shape index (κ2) is 7.18. The lowest BCUT2D eigenvalue weighted by Gasteiger charge is -2.26. The Morgan fingerprint density at radius 2 is 1.96 bits per heavy atom. The third kappa shape index (κ3) is 3.51. The Hall–Kier alpha value is -2.14. The largest absolute Gasteiger partial charge is 0.334 e. The van der Waals surface area contributed by atoms with Crippen LogP contribution in [0.1, 0.15) is 39.2 Å². The van der Waals surface area contributed by atoms with Crippen LogP contribution in [0.4, 0.5) is 5.69 Å². The summed E-state index contributed by atoms with van der Waals surface area (Å²) in [6.07, 6.45) is 7.57. The Kier molecular flexibility index (Phi) is 5.00. The summed E-state index contributed by atoms with van der Waals surface area (Å²) in [5.41, 5.74) is 10.1. The zero-order chi connectivity index (χ0) is 17.1. The van der Waals surface area contributed by atoms with Crippen LogP contribution in [-0.4, -0.2) is 21.5 Å². The van der Waals surface area contributed by atoms with Crippen molar-refractivity contribution in [3.8, 4) is 11.3 Å². The molecule has 1 saturated carbocycles. The van der Waals surface area contributed by atoms with E-state index in [1.165, 1.54) is 19.3 Å². The molecule has 0 spiro atoms. The number of carbonyl (C=O) groups excluding carboxylic acids is 1. The molecule has 1 amide bonds. The van der Waals surface area contributed by atoms with E-state index < -0.39 is 6.04 Å². The average Bonchev–Trinajstić information content (AvgIpc) is 2.94. The molecular weight excluding hydrogens is 300 g/mol. The fraction of sp³-hybridized carbons (Fsp3) is 0.474. The average molecular weight is 328 g/mol. The summed E-state index contributed by atoms with van der Waals surface area (Å²) >= 11 is 0. The molecule has 0 aliphatic heterocycles. The number of carbonyl (C=O) groups is 1. The molecule has 1 heterocycles. The lowest BCUT2D eigenvalue weighted by molar-refractivity contribution is -0.118. The minimum atomic E-state index is -0.413. The van der Waals surface area contributed by atoms with Crippen molar-refractivity contribution in [3.05, 3.63) is 36.3 Å². The number of amides is 1. The summed E-state index contributed by atoms with van der Waals surface area (Å²) in [4.78, 5) is 16.7. The van der Waals surface area contributed by atoms with E-state index in [2.05, 4.69) is 10.3 Å². The van der Waals surface area contributed by atoms with E-state index in [1.54, 1.807) is 0 Å². The van der Waals surface area contributed by atoms with Crippen molar-refractivity contribution in [3.63, 3.8) is 0 Å². The highest BCUT2D eigenvalue weighted by atomic mass is 16.2. The first-order valence-electron chi connectivity index (χ1n) is 8.71. The fourth-order valence-corrected chi connectivity index (χ4v) is 3.60. The van der Waals surface area contributed by atoms with E-state index in [0.29, 0.717) is 5.92 Å². The molecule has 130 valence electrons. The second-order valence-electron chi connectivity index (χ2n) is 6.78. The van der Waals surface area contributed by atoms with E-state index in [9.17, 15) is 4.79 Å². The summed E-state index contributed by atoms with van der Waals surface area (Å²) in [7, 11) is 1.98. The van der Waals surface area contributed by atoms with Crippen LogP contribution in [0.15, 0.2) is 30.6 Å². The van der Waals surface area contributed by atoms with Crippen LogP contribution in [0.3, 0.4) is 0 Å². The summed E-state index contributed by atoms with van der Waals surface area (Å²) in [6, 6.07) is 7.45. The zero-order valence-electron chi connectivity index (χ0n) is 14.5. The van der Waals surface area contributed by atoms with Crippen LogP contribution >= 0.6 is 0 Å². The number of anilines is 1. The number of benzene rings is 1. The van der Waals surface area contributed by atoms with E-state index >= 15 is 0 Å². The van der Waals surface area contributed by atoms with Gasteiger partial charge in [0.25, 0.3) is 0 Å². The van der Waals surface area contributed by atoms with Gasteiger partial charge in [-0.05, 0) is 37.8 Å². The molecule has 2 aromatic rings. The van der Waals surface area contributed by atoms with Gasteiger partial charge >= 0.3 is 0 Å². The maximum Gasteiger partial charge on any atom is 0.241 e. The Morgan fingerprint density at radius 3 is 2.54 bits per heavy atom. The van der Waals surface area contributed by atoms with Gasteiger partial charge in [0.1, 0.15) is 0 Å². The molecule has 3 rings (SSSR count). The van der Waals surface area contributed by atoms with Gasteiger partial charge in [-0.25, -0.2) is 4.98 Å². The first-order valence-corrected chi connectivity index (χ1v) is 8.71. The first-order chi connectivity index (χ1) is 11.6. The predicted molar refractivity (Wildman–Crippen MR) is 98.7 cm³/mol. The summed E-state index contributed by atoms with van der Waals surface area (Å²) in [5.74, 6) is 0.237. The van der Waals surface area contributed by atoms with Crippen molar-refractivity contribution in [1.82, 2.24) is 9.55 Å². The maximum atomic E-state index is 12.4. The van der Waals surface area contributed by atoms with Crippen molar-refractivity contribution in [2.75, 3.05) is 5.32 Å². The van der Waals surface area contributed by atoms with Gasteiger partial charge in [-0.1, -0.05) is 31.4 Å². The smallest absolute Gasteiger partial charge is 0.241 e. The molecule has 1 aromatic heterocycles. The SMILES string of the molecule is Cc1ncn(C)c1-c1ccc(NC(=O)[C@@H](N)C2CCCCC2)cc1.[HH]. The van der Waals surface area contributed by atoms with E-state index in [4.69, 9.17) is 5.73 Å². The topological polar surface area (TPSA) is 72.9 Å². The highest BCUT2D eigenvalue weighted by Crippen LogP contribution is 2.27. The van der Waals surface area contributed by atoms with Crippen LogP contribution in [0, 0.1) is 12.8 Å². The van der Waals surface area contributed by atoms with Crippen LogP contribution in [-0.2, 0) is 11.8 Å². The Morgan fingerprint density at radius 1 is 1.29 bits per heavy atom. The Bertz CT molecular complexity index is 685. The second-order valence-corrected chi connectivity index (χ2v) is 6.78. The predicted octanol–water partition coefficient (Wildman–Crippen LogP) is 3.49. The molecule has 1 fully saturated rings. The Balaban J connectivity index is 0.00000225. The number of rotatable bonds is 4. The number of hydrogen-bond donors (Lipinski definition) is 2. The monoisotopic (exact) mass is 328 g/mol. The zero-order valence-corrected chi connectivity index (χ0v) is 14.5. The van der Waals surface area contributed by atoms with Gasteiger partial charge < -0.3 is 15.6 Å². The third-order valence-corrected chi connectivity index (χ3v) is 5.01. The molecular formula is C19H28N4O. The van der Waals surface area contributed by atoms with Crippen molar-refractivity contribution in [2.24, 2.45) is 18.7 Å². The molecule has 0 radical (unpaired) electrons. The number of nitrogens with one attached hydrogen (secondary N) is 1. The number of nitrogens with zero attached hydrogens (tertiary/aromatic N) is 2. The Labute approximate surface area is 144 Å². The number of imidazole rings is 1. The summed E-state index contributed by atoms with van der Waals surface area (Å²) in [5, 5.41) is 2.95. The third-order valence-electron chi connectivity index (χ3n) is 5.01. The molecule has 5 heteroatoms. The van der Waals surface area contributed by atoms with Gasteiger partial charge in [0.15, 0.2) is 0 Å². The number of hydrogen-bond acceptors (Lipinski definition) is 3. The van der Waals surface area contributed by atoms with Gasteiger partial charge in [-0.15, -0.1) is 0 Å². The van der Waals surface area contributed by atoms with Gasteiger partial charge in [0, 0.05) is 19.7 Å². The molecule has 0 bridgehead atoms. The van der Waals surface area contributed by atoms with Crippen LogP contribution in [0.25, 0.3) is 11.3 Å². The first kappa shape index (κ1) is 16.7.